The average Bonchev–Trinajstić information content (AvgIpc) is 2.82. The van der Waals surface area contributed by atoms with Gasteiger partial charge in [0.15, 0.2) is 6.10 Å². The number of benzene rings is 1. The molecule has 0 radical (unpaired) electrons. The smallest absolute Gasteiger partial charge is 0.407 e. The van der Waals surface area contributed by atoms with Crippen LogP contribution in [-0.4, -0.2) is 53.8 Å². The minimum Gasteiger partial charge on any atom is -0.465 e. The van der Waals surface area contributed by atoms with E-state index in [9.17, 15) is 14.9 Å². The highest BCUT2D eigenvalue weighted by molar-refractivity contribution is 14.1. The molecule has 1 aliphatic rings. The molecule has 7 nitrogen and oxygen atoms in total. The Morgan fingerprint density at radius 1 is 1.46 bits per heavy atom. The molecule has 0 aromatic heterocycles. The third-order valence-corrected chi connectivity index (χ3v) is 4.39. The number of carboxylic acid groups (broad SMARTS) is 1. The van der Waals surface area contributed by atoms with E-state index in [4.69, 9.17) is 9.84 Å². The van der Waals surface area contributed by atoms with E-state index in [0.717, 1.165) is 14.0 Å². The fraction of sp³-hybridized carbons (Fsp3) is 0.438. The van der Waals surface area contributed by atoms with Gasteiger partial charge in [-0.3, -0.25) is 4.79 Å². The summed E-state index contributed by atoms with van der Waals surface area (Å²) in [6.45, 7) is 0.627. The third-order valence-electron chi connectivity index (χ3n) is 3.67. The van der Waals surface area contributed by atoms with Gasteiger partial charge in [-0.15, -0.1) is 0 Å². The lowest BCUT2D eigenvalue weighted by atomic mass is 10.1. The summed E-state index contributed by atoms with van der Waals surface area (Å²) in [7, 11) is 0. The molecule has 1 heterocycles. The second-order valence-corrected chi connectivity index (χ2v) is 6.71. The largest absolute Gasteiger partial charge is 0.465 e. The molecule has 2 rings (SSSR count). The molecular weight excluding hydrogens is 425 g/mol. The van der Waals surface area contributed by atoms with Crippen molar-refractivity contribution < 1.29 is 19.4 Å². The molecule has 1 aliphatic heterocycles. The summed E-state index contributed by atoms with van der Waals surface area (Å²) in [5.74, 6) is -0.458. The number of carbonyl (C=O) groups is 2. The highest BCUT2D eigenvalue weighted by atomic mass is 127. The topological polar surface area (TPSA) is 103 Å². The fourth-order valence-corrected chi connectivity index (χ4v) is 2.77. The number of hydrogen-bond donors (Lipinski definition) is 2. The summed E-state index contributed by atoms with van der Waals surface area (Å²) < 4.78 is 6.52. The minimum atomic E-state index is -1.07. The van der Waals surface area contributed by atoms with E-state index < -0.39 is 24.1 Å². The first-order valence-electron chi connectivity index (χ1n) is 7.53. The lowest BCUT2D eigenvalue weighted by Crippen LogP contribution is -2.47. The lowest BCUT2D eigenvalue weighted by molar-refractivity contribution is -0.133. The molecule has 1 aromatic rings. The first-order valence-corrected chi connectivity index (χ1v) is 8.61. The van der Waals surface area contributed by atoms with Gasteiger partial charge in [0.2, 0.25) is 0 Å². The summed E-state index contributed by atoms with van der Waals surface area (Å²) in [4.78, 5) is 24.6. The molecule has 8 heteroatoms. The number of amides is 2. The first kappa shape index (κ1) is 18.5. The van der Waals surface area contributed by atoms with Crippen LogP contribution in [0.2, 0.25) is 0 Å². The maximum Gasteiger partial charge on any atom is 0.407 e. The maximum atomic E-state index is 12.3. The van der Waals surface area contributed by atoms with Gasteiger partial charge < -0.3 is 20.1 Å². The Morgan fingerprint density at radius 2 is 2.17 bits per heavy atom. The molecule has 1 fully saturated rings. The van der Waals surface area contributed by atoms with E-state index in [2.05, 4.69) is 34.0 Å². The predicted octanol–water partition coefficient (Wildman–Crippen LogP) is 1.61. The van der Waals surface area contributed by atoms with Crippen molar-refractivity contribution in [1.82, 2.24) is 10.2 Å². The van der Waals surface area contributed by atoms with Crippen LogP contribution in [0, 0.1) is 14.9 Å². The number of rotatable bonds is 4. The molecule has 0 bridgehead atoms. The number of carbonyl (C=O) groups excluding carboxylic acids is 1. The van der Waals surface area contributed by atoms with Crippen LogP contribution in [0.5, 0.6) is 0 Å². The van der Waals surface area contributed by atoms with Crippen LogP contribution in [0.3, 0.4) is 0 Å². The highest BCUT2D eigenvalue weighted by Gasteiger charge is 2.28. The highest BCUT2D eigenvalue weighted by Crippen LogP contribution is 2.10. The third kappa shape index (κ3) is 5.35. The van der Waals surface area contributed by atoms with Gasteiger partial charge >= 0.3 is 6.09 Å². The zero-order valence-corrected chi connectivity index (χ0v) is 15.1. The summed E-state index contributed by atoms with van der Waals surface area (Å²) >= 11 is 2.20. The van der Waals surface area contributed by atoms with Gasteiger partial charge in [-0.1, -0.05) is 12.1 Å². The maximum absolute atomic E-state index is 12.3. The normalized spacial score (nSPS) is 19.0. The molecule has 2 amide bonds. The van der Waals surface area contributed by atoms with Crippen molar-refractivity contribution >= 4 is 34.6 Å². The minimum absolute atomic E-state index is 0.0250. The molecule has 2 atom stereocenters. The Morgan fingerprint density at radius 3 is 2.79 bits per heavy atom. The molecule has 0 saturated carbocycles. The van der Waals surface area contributed by atoms with Crippen molar-refractivity contribution in [3.63, 3.8) is 0 Å². The zero-order chi connectivity index (χ0) is 17.5. The van der Waals surface area contributed by atoms with Crippen molar-refractivity contribution in [2.24, 2.45) is 0 Å². The molecule has 1 saturated heterocycles. The van der Waals surface area contributed by atoms with Crippen molar-refractivity contribution in [2.45, 2.75) is 25.0 Å². The van der Waals surface area contributed by atoms with Gasteiger partial charge in [0.05, 0.1) is 12.6 Å². The van der Waals surface area contributed by atoms with Crippen LogP contribution < -0.4 is 5.32 Å². The molecule has 2 N–H and O–H groups in total. The lowest BCUT2D eigenvalue weighted by Gasteiger charge is -2.22. The Balaban J connectivity index is 1.96. The van der Waals surface area contributed by atoms with Crippen LogP contribution in [-0.2, 0) is 16.0 Å². The molecule has 1 unspecified atom stereocenters. The van der Waals surface area contributed by atoms with E-state index in [-0.39, 0.29) is 6.54 Å². The van der Waals surface area contributed by atoms with Crippen molar-refractivity contribution in [3.05, 3.63) is 33.4 Å². The number of ether oxygens (including phenoxy) is 1. The fourth-order valence-electron chi connectivity index (χ4n) is 2.41. The Bertz CT molecular complexity index is 629. The molecule has 0 spiro atoms. The van der Waals surface area contributed by atoms with Gasteiger partial charge in [0.1, 0.15) is 6.04 Å². The van der Waals surface area contributed by atoms with E-state index in [1.165, 1.54) is 0 Å². The zero-order valence-electron chi connectivity index (χ0n) is 12.9. The summed E-state index contributed by atoms with van der Waals surface area (Å²) in [5, 5.41) is 21.0. The number of nitrogens with one attached hydrogen (secondary N) is 1. The standard InChI is InChI=1S/C16H18IN3O4/c17-12-4-2-11(3-5-12)8-13(9-18)19-15(21)14-10-20(16(22)23)6-1-7-24-14/h2-5,13-14H,1,6-8,10H2,(H,19,21)(H,22,23)/t13?,14-/m0/s1. The Labute approximate surface area is 153 Å². The van der Waals surface area contributed by atoms with Crippen molar-refractivity contribution in [2.75, 3.05) is 19.7 Å². The summed E-state index contributed by atoms with van der Waals surface area (Å²) in [5.41, 5.74) is 0.941. The monoisotopic (exact) mass is 443 g/mol. The van der Waals surface area contributed by atoms with Gasteiger partial charge in [-0.2, -0.15) is 5.26 Å². The van der Waals surface area contributed by atoms with Crippen molar-refractivity contribution in [1.29, 1.82) is 5.26 Å². The van der Waals surface area contributed by atoms with Gasteiger partial charge in [-0.05, 0) is 46.7 Å². The van der Waals surface area contributed by atoms with E-state index in [1.807, 2.05) is 24.3 Å². The van der Waals surface area contributed by atoms with Crippen molar-refractivity contribution in [3.8, 4) is 6.07 Å². The van der Waals surface area contributed by atoms with E-state index >= 15 is 0 Å². The summed E-state index contributed by atoms with van der Waals surface area (Å²) in [6.07, 6.45) is -1.04. The Kier molecular flexibility index (Phi) is 6.81. The number of nitrogens with zero attached hydrogens (tertiary/aromatic N) is 2. The molecular formula is C16H18IN3O4. The van der Waals surface area contributed by atoms with E-state index in [0.29, 0.717) is 26.0 Å². The predicted molar refractivity (Wildman–Crippen MR) is 94.4 cm³/mol. The second kappa shape index (κ2) is 8.84. The van der Waals surface area contributed by atoms with Crippen LogP contribution in [0.1, 0.15) is 12.0 Å². The van der Waals surface area contributed by atoms with Gasteiger partial charge in [0.25, 0.3) is 5.91 Å². The number of nitriles is 1. The SMILES string of the molecule is N#CC(Cc1ccc(I)cc1)NC(=O)[C@@H]1CN(C(=O)O)CCCO1. The molecule has 24 heavy (non-hydrogen) atoms. The molecule has 0 aliphatic carbocycles. The van der Waals surface area contributed by atoms with Gasteiger partial charge in [-0.25, -0.2) is 4.79 Å². The number of halogens is 1. The number of hydrogen-bond acceptors (Lipinski definition) is 4. The molecule has 128 valence electrons. The van der Waals surface area contributed by atoms with Gasteiger partial charge in [0, 0.05) is 23.1 Å². The average molecular weight is 443 g/mol. The summed E-state index contributed by atoms with van der Waals surface area (Å²) in [6, 6.07) is 9.06. The Hall–Kier alpha value is -1.86. The second-order valence-electron chi connectivity index (χ2n) is 5.46. The van der Waals surface area contributed by atoms with E-state index in [1.54, 1.807) is 0 Å². The van der Waals surface area contributed by atoms with Crippen LogP contribution in [0.4, 0.5) is 4.79 Å². The van der Waals surface area contributed by atoms with Crippen LogP contribution >= 0.6 is 22.6 Å². The molecule has 1 aromatic carbocycles. The van der Waals surface area contributed by atoms with Crippen LogP contribution in [0.25, 0.3) is 0 Å². The first-order chi connectivity index (χ1) is 11.5. The van der Waals surface area contributed by atoms with Crippen LogP contribution in [0.15, 0.2) is 24.3 Å². The quantitative estimate of drug-likeness (QED) is 0.689.